The van der Waals surface area contributed by atoms with Crippen molar-refractivity contribution < 1.29 is 40.2 Å². The van der Waals surface area contributed by atoms with Gasteiger partial charge in [0.15, 0.2) is 11.9 Å². The van der Waals surface area contributed by atoms with Crippen molar-refractivity contribution in [1.82, 2.24) is 0 Å². The van der Waals surface area contributed by atoms with E-state index in [2.05, 4.69) is 20.8 Å². The van der Waals surface area contributed by atoms with Crippen LogP contribution in [0.5, 0.6) is 0 Å². The molecular formula is C23H42O8. The second-order valence-electron chi connectivity index (χ2n) is 9.08. The van der Waals surface area contributed by atoms with E-state index in [0.29, 0.717) is 12.3 Å². The van der Waals surface area contributed by atoms with Crippen molar-refractivity contribution in [2.75, 3.05) is 0 Å². The largest absolute Gasteiger partial charge is 0.479 e. The summed E-state index contributed by atoms with van der Waals surface area (Å²) in [6.45, 7) is 8.72. The molecule has 2 unspecified atom stereocenters. The number of hydrogen-bond acceptors (Lipinski definition) is 7. The van der Waals surface area contributed by atoms with Crippen LogP contribution in [0.15, 0.2) is 11.6 Å². The van der Waals surface area contributed by atoms with E-state index in [-0.39, 0.29) is 6.42 Å². The van der Waals surface area contributed by atoms with E-state index in [1.165, 1.54) is 19.3 Å². The highest BCUT2D eigenvalue weighted by atomic mass is 16.4. The lowest BCUT2D eigenvalue weighted by molar-refractivity contribution is -0.169. The highest BCUT2D eigenvalue weighted by Gasteiger charge is 2.39. The van der Waals surface area contributed by atoms with Gasteiger partial charge in [-0.1, -0.05) is 58.1 Å². The van der Waals surface area contributed by atoms with E-state index in [1.54, 1.807) is 0 Å². The van der Waals surface area contributed by atoms with Crippen molar-refractivity contribution in [2.45, 2.75) is 110 Å². The van der Waals surface area contributed by atoms with Crippen LogP contribution in [-0.4, -0.2) is 72.9 Å². The Bertz CT molecular complexity index is 560. The van der Waals surface area contributed by atoms with Crippen LogP contribution in [0.3, 0.4) is 0 Å². The topological polar surface area (TPSA) is 156 Å². The molecule has 0 heterocycles. The van der Waals surface area contributed by atoms with E-state index in [1.807, 2.05) is 13.0 Å². The third-order valence-electron chi connectivity index (χ3n) is 5.56. The number of carboxylic acids is 1. The number of ketones is 1. The minimum absolute atomic E-state index is 0.0779. The molecule has 31 heavy (non-hydrogen) atoms. The second kappa shape index (κ2) is 15.5. The van der Waals surface area contributed by atoms with Crippen molar-refractivity contribution >= 4 is 11.8 Å². The number of hydrogen-bond donors (Lipinski definition) is 6. The predicted octanol–water partition coefficient (Wildman–Crippen LogP) is 1.80. The summed E-state index contributed by atoms with van der Waals surface area (Å²) in [5, 5.41) is 56.8. The molecule has 0 aliphatic carbocycles. The first kappa shape index (κ1) is 29.7. The number of carboxylic acid groups (broad SMARTS) is 1. The Balaban J connectivity index is 4.31. The summed E-state index contributed by atoms with van der Waals surface area (Å²) < 4.78 is 0. The van der Waals surface area contributed by atoms with E-state index >= 15 is 0 Å². The lowest BCUT2D eigenvalue weighted by Gasteiger charge is -2.27. The molecule has 0 aliphatic heterocycles. The van der Waals surface area contributed by atoms with E-state index in [4.69, 9.17) is 5.11 Å². The van der Waals surface area contributed by atoms with Crippen LogP contribution in [0.1, 0.15) is 79.1 Å². The summed E-state index contributed by atoms with van der Waals surface area (Å²) in [4.78, 5) is 22.7. The maximum absolute atomic E-state index is 12.0. The Morgan fingerprint density at radius 1 is 0.774 bits per heavy atom. The molecule has 0 saturated heterocycles. The number of aliphatic hydroxyl groups is 5. The Hall–Kier alpha value is -1.32. The fourth-order valence-electron chi connectivity index (χ4n) is 3.37. The number of aliphatic carboxylic acids is 1. The number of carbonyl (C=O) groups excluding carboxylic acids is 1. The van der Waals surface area contributed by atoms with Gasteiger partial charge in [0.1, 0.15) is 24.4 Å². The third-order valence-corrected chi connectivity index (χ3v) is 5.56. The van der Waals surface area contributed by atoms with Gasteiger partial charge >= 0.3 is 5.97 Å². The summed E-state index contributed by atoms with van der Waals surface area (Å²) in [6, 6.07) is 0. The SMILES string of the molecule is CC(=CCCC(=O)C(O)[C@@H](O)[C@@H](O)[C@H](O)[C@H](O)C(=O)O)CCCC(C)CCCC(C)C. The molecule has 0 aliphatic rings. The minimum Gasteiger partial charge on any atom is -0.479 e. The first-order chi connectivity index (χ1) is 14.4. The molecule has 0 aromatic carbocycles. The van der Waals surface area contributed by atoms with Crippen LogP contribution in [0.4, 0.5) is 0 Å². The van der Waals surface area contributed by atoms with Gasteiger partial charge in [0.2, 0.25) is 0 Å². The lowest BCUT2D eigenvalue weighted by atomic mass is 9.94. The van der Waals surface area contributed by atoms with Crippen LogP contribution >= 0.6 is 0 Å². The molecule has 0 rings (SSSR count). The zero-order valence-corrected chi connectivity index (χ0v) is 19.3. The Kier molecular flexibility index (Phi) is 14.8. The number of aliphatic hydroxyl groups excluding tert-OH is 5. The summed E-state index contributed by atoms with van der Waals surface area (Å²) in [6.07, 6.45) is -1.83. The number of carbonyl (C=O) groups is 2. The van der Waals surface area contributed by atoms with Crippen LogP contribution in [-0.2, 0) is 9.59 Å². The molecule has 8 nitrogen and oxygen atoms in total. The maximum atomic E-state index is 12.0. The first-order valence-corrected chi connectivity index (χ1v) is 11.2. The fraction of sp³-hybridized carbons (Fsp3) is 0.826. The van der Waals surface area contributed by atoms with Crippen molar-refractivity contribution in [3.8, 4) is 0 Å². The average Bonchev–Trinajstić information content (AvgIpc) is 2.70. The van der Waals surface area contributed by atoms with Gasteiger partial charge in [-0.15, -0.1) is 0 Å². The molecule has 0 aromatic rings. The summed E-state index contributed by atoms with van der Waals surface area (Å²) in [5.41, 5.74) is 1.14. The van der Waals surface area contributed by atoms with Crippen LogP contribution in [0, 0.1) is 11.8 Å². The Morgan fingerprint density at radius 3 is 1.87 bits per heavy atom. The molecule has 0 bridgehead atoms. The van der Waals surface area contributed by atoms with E-state index in [9.17, 15) is 35.1 Å². The zero-order chi connectivity index (χ0) is 24.1. The van der Waals surface area contributed by atoms with E-state index < -0.39 is 42.3 Å². The van der Waals surface area contributed by atoms with Crippen LogP contribution in [0.25, 0.3) is 0 Å². The van der Waals surface area contributed by atoms with Gasteiger partial charge in [-0.2, -0.15) is 0 Å². The quantitative estimate of drug-likeness (QED) is 0.185. The van der Waals surface area contributed by atoms with Gasteiger partial charge in [0, 0.05) is 6.42 Å². The summed E-state index contributed by atoms with van der Waals surface area (Å²) >= 11 is 0. The van der Waals surface area contributed by atoms with Gasteiger partial charge in [-0.3, -0.25) is 4.79 Å². The second-order valence-corrected chi connectivity index (χ2v) is 9.08. The molecular weight excluding hydrogens is 404 g/mol. The molecule has 0 radical (unpaired) electrons. The van der Waals surface area contributed by atoms with Gasteiger partial charge < -0.3 is 30.6 Å². The Labute approximate surface area is 185 Å². The molecule has 182 valence electrons. The molecule has 0 aromatic heterocycles. The number of rotatable bonds is 17. The molecule has 0 amide bonds. The summed E-state index contributed by atoms with van der Waals surface area (Å²) in [7, 11) is 0. The van der Waals surface area contributed by atoms with Crippen LogP contribution < -0.4 is 0 Å². The molecule has 0 saturated carbocycles. The fourth-order valence-corrected chi connectivity index (χ4v) is 3.37. The van der Waals surface area contributed by atoms with Gasteiger partial charge in [0.25, 0.3) is 0 Å². The zero-order valence-electron chi connectivity index (χ0n) is 19.3. The molecule has 6 atom stereocenters. The van der Waals surface area contributed by atoms with E-state index in [0.717, 1.165) is 30.8 Å². The smallest absolute Gasteiger partial charge is 0.335 e. The van der Waals surface area contributed by atoms with Crippen LogP contribution in [0.2, 0.25) is 0 Å². The molecule has 6 N–H and O–H groups in total. The monoisotopic (exact) mass is 446 g/mol. The molecule has 0 spiro atoms. The van der Waals surface area contributed by atoms with Gasteiger partial charge in [-0.25, -0.2) is 4.79 Å². The first-order valence-electron chi connectivity index (χ1n) is 11.2. The van der Waals surface area contributed by atoms with Gasteiger partial charge in [0.05, 0.1) is 0 Å². The standard InChI is InChI=1S/C23H42O8/c1-14(2)8-5-9-15(3)10-6-11-16(4)12-7-13-17(24)18(25)19(26)20(27)21(28)22(29)23(30)31/h12,14-15,18-22,25-29H,5-11,13H2,1-4H3,(H,30,31)/t15?,18?,19-,20-,21+,22+/m1/s1. The third kappa shape index (κ3) is 12.3. The molecule has 0 fully saturated rings. The normalized spacial score (nSPS) is 18.3. The number of Topliss-reactive ketones (excluding diaryl/α,β-unsaturated/α-hetero) is 1. The predicted molar refractivity (Wildman–Crippen MR) is 117 cm³/mol. The van der Waals surface area contributed by atoms with Crippen molar-refractivity contribution in [3.05, 3.63) is 11.6 Å². The maximum Gasteiger partial charge on any atom is 0.335 e. The highest BCUT2D eigenvalue weighted by molar-refractivity contribution is 5.83. The van der Waals surface area contributed by atoms with Gasteiger partial charge in [-0.05, 0) is 38.0 Å². The van der Waals surface area contributed by atoms with Crippen molar-refractivity contribution in [1.29, 1.82) is 0 Å². The summed E-state index contributed by atoms with van der Waals surface area (Å²) in [5.74, 6) is -1.12. The minimum atomic E-state index is -2.35. The highest BCUT2D eigenvalue weighted by Crippen LogP contribution is 2.19. The Morgan fingerprint density at radius 2 is 1.32 bits per heavy atom. The number of allylic oxidation sites excluding steroid dienone is 2. The average molecular weight is 447 g/mol. The lowest BCUT2D eigenvalue weighted by Crippen LogP contribution is -2.52. The van der Waals surface area contributed by atoms with Crippen molar-refractivity contribution in [2.24, 2.45) is 11.8 Å². The van der Waals surface area contributed by atoms with Crippen molar-refractivity contribution in [3.63, 3.8) is 0 Å². The molecule has 8 heteroatoms.